The van der Waals surface area contributed by atoms with E-state index in [2.05, 4.69) is 16.0 Å². The predicted molar refractivity (Wildman–Crippen MR) is 160 cm³/mol. The Morgan fingerprint density at radius 2 is 1.51 bits per heavy atom. The SMILES string of the molecule is COc1cccc(NC(=O)C(C)Sc2cccc(NC(=O)/C(=C/c3ccccc3F)NC(=O)c3ccccc3)c2)c1. The predicted octanol–water partition coefficient (Wildman–Crippen LogP) is 6.36. The van der Waals surface area contributed by atoms with Crippen LogP contribution in [0.2, 0.25) is 0 Å². The quantitative estimate of drug-likeness (QED) is 0.153. The summed E-state index contributed by atoms with van der Waals surface area (Å²) in [5.74, 6) is -1.25. The van der Waals surface area contributed by atoms with E-state index in [4.69, 9.17) is 4.74 Å². The lowest BCUT2D eigenvalue weighted by Crippen LogP contribution is -2.30. The minimum absolute atomic E-state index is 0.131. The number of hydrogen-bond acceptors (Lipinski definition) is 5. The minimum atomic E-state index is -0.636. The van der Waals surface area contributed by atoms with Crippen molar-refractivity contribution in [2.75, 3.05) is 17.7 Å². The van der Waals surface area contributed by atoms with Crippen molar-refractivity contribution in [2.24, 2.45) is 0 Å². The van der Waals surface area contributed by atoms with Gasteiger partial charge in [0.15, 0.2) is 0 Å². The first kappa shape index (κ1) is 29.1. The molecule has 0 saturated carbocycles. The summed E-state index contributed by atoms with van der Waals surface area (Å²) in [7, 11) is 1.56. The number of nitrogens with one attached hydrogen (secondary N) is 3. The van der Waals surface area contributed by atoms with E-state index in [-0.39, 0.29) is 17.2 Å². The number of amides is 3. The molecule has 208 valence electrons. The van der Waals surface area contributed by atoms with Crippen molar-refractivity contribution in [1.29, 1.82) is 0 Å². The molecule has 4 rings (SSSR count). The number of thioether (sulfide) groups is 1. The minimum Gasteiger partial charge on any atom is -0.497 e. The van der Waals surface area contributed by atoms with Crippen LogP contribution < -0.4 is 20.7 Å². The van der Waals surface area contributed by atoms with Crippen LogP contribution in [-0.4, -0.2) is 30.1 Å². The van der Waals surface area contributed by atoms with Gasteiger partial charge in [0.2, 0.25) is 5.91 Å². The molecular weight excluding hydrogens is 541 g/mol. The van der Waals surface area contributed by atoms with Gasteiger partial charge >= 0.3 is 0 Å². The third-order valence-electron chi connectivity index (χ3n) is 5.85. The van der Waals surface area contributed by atoms with Gasteiger partial charge in [-0.3, -0.25) is 14.4 Å². The first-order valence-corrected chi connectivity index (χ1v) is 13.6. The van der Waals surface area contributed by atoms with E-state index < -0.39 is 22.9 Å². The molecule has 3 amide bonds. The van der Waals surface area contributed by atoms with Crippen LogP contribution in [0, 0.1) is 5.82 Å². The first-order valence-electron chi connectivity index (χ1n) is 12.7. The van der Waals surface area contributed by atoms with Crippen LogP contribution in [0.3, 0.4) is 0 Å². The van der Waals surface area contributed by atoms with Gasteiger partial charge in [-0.25, -0.2) is 4.39 Å². The van der Waals surface area contributed by atoms with Gasteiger partial charge in [0, 0.05) is 33.5 Å². The number of hydrogen-bond donors (Lipinski definition) is 3. The Bertz CT molecular complexity index is 1580. The molecule has 0 aliphatic carbocycles. The molecule has 1 unspecified atom stereocenters. The zero-order chi connectivity index (χ0) is 29.2. The second-order valence-electron chi connectivity index (χ2n) is 8.86. The molecule has 0 heterocycles. The molecule has 0 spiro atoms. The van der Waals surface area contributed by atoms with Gasteiger partial charge in [-0.1, -0.05) is 48.5 Å². The van der Waals surface area contributed by atoms with Crippen LogP contribution in [0.1, 0.15) is 22.8 Å². The van der Waals surface area contributed by atoms with Crippen molar-refractivity contribution in [3.8, 4) is 5.75 Å². The average molecular weight is 570 g/mol. The Morgan fingerprint density at radius 1 is 0.829 bits per heavy atom. The van der Waals surface area contributed by atoms with Gasteiger partial charge in [-0.2, -0.15) is 0 Å². The highest BCUT2D eigenvalue weighted by molar-refractivity contribution is 8.00. The Labute approximate surface area is 241 Å². The van der Waals surface area contributed by atoms with E-state index in [0.29, 0.717) is 22.7 Å². The van der Waals surface area contributed by atoms with Crippen molar-refractivity contribution >= 4 is 46.9 Å². The number of rotatable bonds is 10. The number of carbonyl (C=O) groups is 3. The Morgan fingerprint density at radius 3 is 2.24 bits per heavy atom. The molecule has 0 bridgehead atoms. The fourth-order valence-corrected chi connectivity index (χ4v) is 4.66. The van der Waals surface area contributed by atoms with Crippen LogP contribution in [0.25, 0.3) is 6.08 Å². The number of methoxy groups -OCH3 is 1. The lowest BCUT2D eigenvalue weighted by Gasteiger charge is -2.14. The van der Waals surface area contributed by atoms with E-state index in [1.165, 1.54) is 36.0 Å². The third kappa shape index (κ3) is 8.30. The second kappa shape index (κ2) is 14.0. The number of halogens is 1. The van der Waals surface area contributed by atoms with Gasteiger partial charge in [0.25, 0.3) is 11.8 Å². The van der Waals surface area contributed by atoms with E-state index in [0.717, 1.165) is 4.90 Å². The van der Waals surface area contributed by atoms with Crippen molar-refractivity contribution < 1.29 is 23.5 Å². The highest BCUT2D eigenvalue weighted by Crippen LogP contribution is 2.27. The summed E-state index contributed by atoms with van der Waals surface area (Å²) < 4.78 is 19.6. The molecule has 4 aromatic carbocycles. The molecular formula is C32H28FN3O4S. The van der Waals surface area contributed by atoms with E-state index >= 15 is 0 Å². The standard InChI is InChI=1S/C32H28FN3O4S/c1-21(30(37)34-24-13-8-15-26(19-24)40-2)41-27-16-9-14-25(20-27)35-32(39)29(18-23-12-6-7-17-28(23)33)36-31(38)22-10-4-3-5-11-22/h3-21H,1-2H3,(H,34,37)(H,35,39)(H,36,38)/b29-18-. The Hall–Kier alpha value is -4.89. The number of anilines is 2. The van der Waals surface area contributed by atoms with Crippen molar-refractivity contribution in [3.05, 3.63) is 126 Å². The molecule has 0 saturated heterocycles. The summed E-state index contributed by atoms with van der Waals surface area (Å²) in [4.78, 5) is 39.6. The number of benzene rings is 4. The maximum Gasteiger partial charge on any atom is 0.272 e. The molecule has 4 aromatic rings. The summed E-state index contributed by atoms with van der Waals surface area (Å²) in [6.45, 7) is 1.78. The number of ether oxygens (including phenoxy) is 1. The Balaban J connectivity index is 1.48. The average Bonchev–Trinajstić information content (AvgIpc) is 2.98. The maximum absolute atomic E-state index is 14.4. The fourth-order valence-electron chi connectivity index (χ4n) is 3.74. The van der Waals surface area contributed by atoms with Gasteiger partial charge in [0.05, 0.1) is 12.4 Å². The number of carbonyl (C=O) groups excluding carboxylic acids is 3. The lowest BCUT2D eigenvalue weighted by atomic mass is 10.1. The van der Waals surface area contributed by atoms with Gasteiger partial charge in [-0.05, 0) is 61.5 Å². The van der Waals surface area contributed by atoms with E-state index in [9.17, 15) is 18.8 Å². The van der Waals surface area contributed by atoms with Crippen molar-refractivity contribution in [1.82, 2.24) is 5.32 Å². The lowest BCUT2D eigenvalue weighted by molar-refractivity contribution is -0.115. The molecule has 0 aliphatic heterocycles. The van der Waals surface area contributed by atoms with Gasteiger partial charge in [0.1, 0.15) is 17.3 Å². The fraction of sp³-hybridized carbons (Fsp3) is 0.0938. The molecule has 0 fully saturated rings. The normalized spacial score (nSPS) is 11.7. The molecule has 3 N–H and O–H groups in total. The maximum atomic E-state index is 14.4. The van der Waals surface area contributed by atoms with Gasteiger partial charge in [-0.15, -0.1) is 11.8 Å². The largest absolute Gasteiger partial charge is 0.497 e. The smallest absolute Gasteiger partial charge is 0.272 e. The Kier molecular flexibility index (Phi) is 9.90. The summed E-state index contributed by atoms with van der Waals surface area (Å²) in [5, 5.41) is 7.78. The first-order chi connectivity index (χ1) is 19.8. The van der Waals surface area contributed by atoms with E-state index in [1.54, 1.807) is 92.9 Å². The highest BCUT2D eigenvalue weighted by atomic mass is 32.2. The molecule has 7 nitrogen and oxygen atoms in total. The van der Waals surface area contributed by atoms with Crippen molar-refractivity contribution in [3.63, 3.8) is 0 Å². The van der Waals surface area contributed by atoms with Crippen LogP contribution in [0.5, 0.6) is 5.75 Å². The topological polar surface area (TPSA) is 96.5 Å². The zero-order valence-electron chi connectivity index (χ0n) is 22.4. The van der Waals surface area contributed by atoms with Gasteiger partial charge < -0.3 is 20.7 Å². The summed E-state index contributed by atoms with van der Waals surface area (Å²) >= 11 is 1.31. The molecule has 0 radical (unpaired) electrons. The van der Waals surface area contributed by atoms with E-state index in [1.807, 2.05) is 6.07 Å². The summed E-state index contributed by atoms with van der Waals surface area (Å²) in [5.41, 5.74) is 1.42. The van der Waals surface area contributed by atoms with Crippen LogP contribution in [0.15, 0.2) is 114 Å². The van der Waals surface area contributed by atoms with Crippen LogP contribution in [-0.2, 0) is 9.59 Å². The molecule has 0 aromatic heterocycles. The monoisotopic (exact) mass is 569 g/mol. The molecule has 1 atom stereocenters. The molecule has 41 heavy (non-hydrogen) atoms. The molecule has 9 heteroatoms. The third-order valence-corrected chi connectivity index (χ3v) is 6.94. The summed E-state index contributed by atoms with van der Waals surface area (Å²) in [6.07, 6.45) is 1.29. The van der Waals surface area contributed by atoms with Crippen LogP contribution in [0.4, 0.5) is 15.8 Å². The zero-order valence-corrected chi connectivity index (χ0v) is 23.2. The highest BCUT2D eigenvalue weighted by Gasteiger charge is 2.18. The second-order valence-corrected chi connectivity index (χ2v) is 10.3. The molecule has 0 aliphatic rings. The van der Waals surface area contributed by atoms with Crippen molar-refractivity contribution in [2.45, 2.75) is 17.1 Å². The van der Waals surface area contributed by atoms with Crippen LogP contribution >= 0.6 is 11.8 Å². The summed E-state index contributed by atoms with van der Waals surface area (Å²) in [6, 6.07) is 28.4.